The molecule has 1 aromatic heterocycles. The number of carboxylic acids is 1. The van der Waals surface area contributed by atoms with Gasteiger partial charge in [0.2, 0.25) is 0 Å². The molecule has 0 atom stereocenters. The predicted molar refractivity (Wildman–Crippen MR) is 104 cm³/mol. The van der Waals surface area contributed by atoms with E-state index < -0.39 is 11.9 Å². The van der Waals surface area contributed by atoms with E-state index in [0.29, 0.717) is 22.6 Å². The SMILES string of the molecule is Cc1ccc(-c2ccc(/C=C(\C#N)C(=O)NC3CCCCC3)o2)cc1C(=O)O. The molecule has 0 bridgehead atoms. The van der Waals surface area contributed by atoms with Crippen LogP contribution in [0.1, 0.15) is 53.8 Å². The molecule has 3 rings (SSSR count). The lowest BCUT2D eigenvalue weighted by Crippen LogP contribution is -2.36. The van der Waals surface area contributed by atoms with Crippen LogP contribution in [0.3, 0.4) is 0 Å². The molecular formula is C22H22N2O4. The first-order valence-electron chi connectivity index (χ1n) is 9.34. The van der Waals surface area contributed by atoms with E-state index in [1.54, 1.807) is 37.3 Å². The van der Waals surface area contributed by atoms with Crippen molar-refractivity contribution >= 4 is 18.0 Å². The van der Waals surface area contributed by atoms with Crippen LogP contribution in [-0.2, 0) is 4.79 Å². The number of nitrogens with zero attached hydrogens (tertiary/aromatic N) is 1. The zero-order valence-electron chi connectivity index (χ0n) is 15.7. The largest absolute Gasteiger partial charge is 0.478 e. The molecule has 6 nitrogen and oxygen atoms in total. The number of aromatic carboxylic acids is 1. The number of furan rings is 1. The summed E-state index contributed by atoms with van der Waals surface area (Å²) in [5.41, 5.74) is 1.47. The lowest BCUT2D eigenvalue weighted by atomic mass is 9.95. The average molecular weight is 378 g/mol. The van der Waals surface area contributed by atoms with Crippen LogP contribution in [-0.4, -0.2) is 23.0 Å². The molecule has 144 valence electrons. The first-order valence-corrected chi connectivity index (χ1v) is 9.34. The smallest absolute Gasteiger partial charge is 0.335 e. The van der Waals surface area contributed by atoms with Gasteiger partial charge in [-0.2, -0.15) is 5.26 Å². The van der Waals surface area contributed by atoms with Crippen molar-refractivity contribution < 1.29 is 19.1 Å². The Morgan fingerprint density at radius 1 is 1.21 bits per heavy atom. The molecular weight excluding hydrogens is 356 g/mol. The number of nitriles is 1. The van der Waals surface area contributed by atoms with Gasteiger partial charge in [-0.15, -0.1) is 0 Å². The van der Waals surface area contributed by atoms with Crippen LogP contribution in [0.5, 0.6) is 0 Å². The summed E-state index contributed by atoms with van der Waals surface area (Å²) in [5.74, 6) is -0.561. The van der Waals surface area contributed by atoms with Gasteiger partial charge in [-0.3, -0.25) is 4.79 Å². The number of hydrogen-bond acceptors (Lipinski definition) is 4. The second kappa shape index (κ2) is 8.57. The van der Waals surface area contributed by atoms with E-state index in [9.17, 15) is 20.0 Å². The summed E-state index contributed by atoms with van der Waals surface area (Å²) in [5, 5.41) is 21.5. The quantitative estimate of drug-likeness (QED) is 0.596. The van der Waals surface area contributed by atoms with E-state index in [-0.39, 0.29) is 17.2 Å². The Balaban J connectivity index is 1.78. The average Bonchev–Trinajstić information content (AvgIpc) is 3.15. The third-order valence-electron chi connectivity index (χ3n) is 4.97. The number of carbonyl (C=O) groups excluding carboxylic acids is 1. The summed E-state index contributed by atoms with van der Waals surface area (Å²) in [6, 6.07) is 10.4. The summed E-state index contributed by atoms with van der Waals surface area (Å²) < 4.78 is 5.72. The number of amides is 1. The summed E-state index contributed by atoms with van der Waals surface area (Å²) in [6.07, 6.45) is 6.66. The van der Waals surface area contributed by atoms with Crippen LogP contribution in [0.4, 0.5) is 0 Å². The molecule has 0 spiro atoms. The van der Waals surface area contributed by atoms with Crippen molar-refractivity contribution in [3.63, 3.8) is 0 Å². The second-order valence-electron chi connectivity index (χ2n) is 7.02. The molecule has 0 unspecified atom stereocenters. The van der Waals surface area contributed by atoms with Gasteiger partial charge in [0.25, 0.3) is 5.91 Å². The van der Waals surface area contributed by atoms with Gasteiger partial charge in [-0.25, -0.2) is 4.79 Å². The fourth-order valence-corrected chi connectivity index (χ4v) is 3.39. The van der Waals surface area contributed by atoms with Gasteiger partial charge < -0.3 is 14.8 Å². The van der Waals surface area contributed by atoms with Crippen molar-refractivity contribution in [3.8, 4) is 17.4 Å². The molecule has 2 aromatic rings. The van der Waals surface area contributed by atoms with Gasteiger partial charge in [0.05, 0.1) is 5.56 Å². The third-order valence-corrected chi connectivity index (χ3v) is 4.97. The van der Waals surface area contributed by atoms with Crippen molar-refractivity contribution in [1.29, 1.82) is 5.26 Å². The monoisotopic (exact) mass is 378 g/mol. The van der Waals surface area contributed by atoms with Gasteiger partial charge in [0.15, 0.2) is 0 Å². The molecule has 0 radical (unpaired) electrons. The van der Waals surface area contributed by atoms with E-state index in [2.05, 4.69) is 5.32 Å². The van der Waals surface area contributed by atoms with Crippen molar-refractivity contribution in [1.82, 2.24) is 5.32 Å². The Bertz CT molecular complexity index is 959. The lowest BCUT2D eigenvalue weighted by Gasteiger charge is -2.22. The highest BCUT2D eigenvalue weighted by molar-refractivity contribution is 6.01. The minimum atomic E-state index is -1.00. The minimum Gasteiger partial charge on any atom is -0.478 e. The highest BCUT2D eigenvalue weighted by Crippen LogP contribution is 2.26. The highest BCUT2D eigenvalue weighted by Gasteiger charge is 2.18. The van der Waals surface area contributed by atoms with Gasteiger partial charge in [0.1, 0.15) is 23.2 Å². The number of benzene rings is 1. The highest BCUT2D eigenvalue weighted by atomic mass is 16.4. The van der Waals surface area contributed by atoms with E-state index in [1.165, 1.54) is 12.5 Å². The Morgan fingerprint density at radius 2 is 1.96 bits per heavy atom. The maximum Gasteiger partial charge on any atom is 0.335 e. The molecule has 1 aliphatic carbocycles. The van der Waals surface area contributed by atoms with Crippen molar-refractivity contribution in [2.45, 2.75) is 45.1 Å². The van der Waals surface area contributed by atoms with Gasteiger partial charge in [-0.05, 0) is 43.5 Å². The number of aryl methyl sites for hydroxylation is 1. The lowest BCUT2D eigenvalue weighted by molar-refractivity contribution is -0.117. The maximum atomic E-state index is 12.4. The fraction of sp³-hybridized carbons (Fsp3) is 0.318. The molecule has 28 heavy (non-hydrogen) atoms. The normalized spacial score (nSPS) is 15.1. The molecule has 1 aliphatic rings. The first-order chi connectivity index (χ1) is 13.5. The van der Waals surface area contributed by atoms with Crippen LogP contribution in [0.2, 0.25) is 0 Å². The Labute approximate surface area is 163 Å². The molecule has 2 N–H and O–H groups in total. The Hall–Kier alpha value is -3.33. The second-order valence-corrected chi connectivity index (χ2v) is 7.02. The topological polar surface area (TPSA) is 103 Å². The van der Waals surface area contributed by atoms with Crippen LogP contribution in [0.15, 0.2) is 40.3 Å². The molecule has 1 aromatic carbocycles. The fourth-order valence-electron chi connectivity index (χ4n) is 3.39. The first kappa shape index (κ1) is 19.4. The van der Waals surface area contributed by atoms with Crippen LogP contribution in [0.25, 0.3) is 17.4 Å². The molecule has 1 fully saturated rings. The zero-order chi connectivity index (χ0) is 20.1. The Kier molecular flexibility index (Phi) is 5.95. The van der Waals surface area contributed by atoms with Crippen molar-refractivity contribution in [3.05, 3.63) is 52.8 Å². The number of hydrogen-bond donors (Lipinski definition) is 2. The van der Waals surface area contributed by atoms with Gasteiger partial charge in [0, 0.05) is 17.7 Å². The number of rotatable bonds is 5. The Morgan fingerprint density at radius 3 is 2.64 bits per heavy atom. The molecule has 1 amide bonds. The predicted octanol–water partition coefficient (Wildman–Crippen LogP) is 4.31. The van der Waals surface area contributed by atoms with E-state index >= 15 is 0 Å². The van der Waals surface area contributed by atoms with Crippen LogP contribution in [0, 0.1) is 18.3 Å². The van der Waals surface area contributed by atoms with Gasteiger partial charge >= 0.3 is 5.97 Å². The van der Waals surface area contributed by atoms with Crippen molar-refractivity contribution in [2.75, 3.05) is 0 Å². The van der Waals surface area contributed by atoms with Crippen molar-refractivity contribution in [2.24, 2.45) is 0 Å². The maximum absolute atomic E-state index is 12.4. The van der Waals surface area contributed by atoms with E-state index in [1.807, 2.05) is 6.07 Å². The zero-order valence-corrected chi connectivity index (χ0v) is 15.7. The summed E-state index contributed by atoms with van der Waals surface area (Å²) in [4.78, 5) is 23.7. The molecule has 6 heteroatoms. The van der Waals surface area contributed by atoms with Gasteiger partial charge in [-0.1, -0.05) is 31.4 Å². The van der Waals surface area contributed by atoms with Crippen LogP contribution >= 0.6 is 0 Å². The minimum absolute atomic E-state index is 0.0124. The summed E-state index contributed by atoms with van der Waals surface area (Å²) >= 11 is 0. The molecule has 1 heterocycles. The number of carbonyl (C=O) groups is 2. The number of carboxylic acid groups (broad SMARTS) is 1. The number of nitrogens with one attached hydrogen (secondary N) is 1. The van der Waals surface area contributed by atoms with E-state index in [4.69, 9.17) is 4.42 Å². The third kappa shape index (κ3) is 4.49. The standard InChI is InChI=1S/C22H22N2O4/c1-14-7-8-15(12-19(14)22(26)27)20-10-9-18(28-20)11-16(13-23)21(25)24-17-5-3-2-4-6-17/h7-12,17H,2-6H2,1H3,(H,24,25)(H,26,27)/b16-11+. The summed E-state index contributed by atoms with van der Waals surface area (Å²) in [6.45, 7) is 1.73. The molecule has 1 saturated carbocycles. The molecule has 0 aliphatic heterocycles. The van der Waals surface area contributed by atoms with E-state index in [0.717, 1.165) is 25.7 Å². The molecule has 0 saturated heterocycles. The van der Waals surface area contributed by atoms with Crippen LogP contribution < -0.4 is 5.32 Å². The summed E-state index contributed by atoms with van der Waals surface area (Å²) in [7, 11) is 0.